The smallest absolute Gasteiger partial charge is 0.118 e. The van der Waals surface area contributed by atoms with Gasteiger partial charge in [-0.3, -0.25) is 4.90 Å². The topological polar surface area (TPSA) is 45.6 Å². The molecular weight excluding hydrogens is 308 g/mol. The third kappa shape index (κ3) is 3.74. The van der Waals surface area contributed by atoms with Crippen LogP contribution in [0.25, 0.3) is 0 Å². The number of hydrogen-bond acceptors (Lipinski definition) is 5. The van der Waals surface area contributed by atoms with Crippen molar-refractivity contribution in [3.8, 4) is 5.75 Å². The molecule has 1 atom stereocenters. The van der Waals surface area contributed by atoms with Crippen molar-refractivity contribution >= 4 is 11.3 Å². The van der Waals surface area contributed by atoms with Crippen LogP contribution in [0.15, 0.2) is 30.5 Å². The number of rotatable bonds is 7. The van der Waals surface area contributed by atoms with Crippen LogP contribution in [-0.2, 0) is 6.54 Å². The molecule has 5 heteroatoms. The standard InChI is InChI=1S/C18H24N2O2S/c1-20(11-16-10-19-18(23-16)14-4-3-5-14)17(12-21)13-6-8-15(22-2)9-7-13/h6-10,14,17,21H,3-5,11-12H2,1-2H3. The average molecular weight is 332 g/mol. The van der Waals surface area contributed by atoms with Crippen LogP contribution in [0.4, 0.5) is 0 Å². The lowest BCUT2D eigenvalue weighted by atomic mass is 9.86. The predicted molar refractivity (Wildman–Crippen MR) is 93.0 cm³/mol. The van der Waals surface area contributed by atoms with E-state index in [0.29, 0.717) is 5.92 Å². The summed E-state index contributed by atoms with van der Waals surface area (Å²) in [6.07, 6.45) is 5.91. The maximum atomic E-state index is 9.81. The maximum Gasteiger partial charge on any atom is 0.118 e. The van der Waals surface area contributed by atoms with Crippen LogP contribution < -0.4 is 4.74 Å². The SMILES string of the molecule is COc1ccc(C(CO)N(C)Cc2cnc(C3CCC3)s2)cc1. The quantitative estimate of drug-likeness (QED) is 0.842. The Kier molecular flexibility index (Phi) is 5.30. The summed E-state index contributed by atoms with van der Waals surface area (Å²) in [5, 5.41) is 11.1. The highest BCUT2D eigenvalue weighted by atomic mass is 32.1. The molecule has 1 fully saturated rings. The van der Waals surface area contributed by atoms with Gasteiger partial charge in [0.15, 0.2) is 0 Å². The van der Waals surface area contributed by atoms with Crippen molar-refractivity contribution in [2.45, 2.75) is 37.8 Å². The molecule has 1 aromatic heterocycles. The summed E-state index contributed by atoms with van der Waals surface area (Å²) in [5.41, 5.74) is 1.10. The molecule has 0 amide bonds. The van der Waals surface area contributed by atoms with E-state index >= 15 is 0 Å². The number of ether oxygens (including phenoxy) is 1. The van der Waals surface area contributed by atoms with Crippen molar-refractivity contribution < 1.29 is 9.84 Å². The van der Waals surface area contributed by atoms with E-state index in [9.17, 15) is 5.11 Å². The van der Waals surface area contributed by atoms with Gasteiger partial charge >= 0.3 is 0 Å². The first-order valence-corrected chi connectivity index (χ1v) is 8.92. The van der Waals surface area contributed by atoms with Crippen LogP contribution in [-0.4, -0.2) is 35.8 Å². The fourth-order valence-electron chi connectivity index (χ4n) is 2.92. The molecule has 1 aliphatic rings. The number of aliphatic hydroxyl groups excluding tert-OH is 1. The van der Waals surface area contributed by atoms with Crippen molar-refractivity contribution in [1.82, 2.24) is 9.88 Å². The second-order valence-electron chi connectivity index (χ2n) is 6.18. The number of likely N-dealkylation sites (N-methyl/N-ethyl adjacent to an activating group) is 1. The van der Waals surface area contributed by atoms with Gasteiger partial charge in [0.2, 0.25) is 0 Å². The lowest BCUT2D eigenvalue weighted by Crippen LogP contribution is -2.26. The molecule has 1 heterocycles. The average Bonchev–Trinajstić information content (AvgIpc) is 2.95. The summed E-state index contributed by atoms with van der Waals surface area (Å²) in [6.45, 7) is 0.902. The first kappa shape index (κ1) is 16.4. The minimum absolute atomic E-state index is 0.0184. The molecule has 0 bridgehead atoms. The molecule has 1 saturated carbocycles. The summed E-state index contributed by atoms with van der Waals surface area (Å²) >= 11 is 1.82. The second-order valence-corrected chi connectivity index (χ2v) is 7.33. The summed E-state index contributed by atoms with van der Waals surface area (Å²) < 4.78 is 5.20. The van der Waals surface area contributed by atoms with E-state index in [0.717, 1.165) is 17.9 Å². The van der Waals surface area contributed by atoms with Gasteiger partial charge in [0.1, 0.15) is 5.75 Å². The lowest BCUT2D eigenvalue weighted by Gasteiger charge is -2.26. The zero-order valence-corrected chi connectivity index (χ0v) is 14.6. The van der Waals surface area contributed by atoms with E-state index in [4.69, 9.17) is 4.74 Å². The third-order valence-corrected chi connectivity index (χ3v) is 5.78. The Balaban J connectivity index is 1.66. The van der Waals surface area contributed by atoms with Crippen molar-refractivity contribution in [1.29, 1.82) is 0 Å². The highest BCUT2D eigenvalue weighted by Crippen LogP contribution is 2.38. The van der Waals surface area contributed by atoms with Gasteiger partial charge in [0.05, 0.1) is 24.8 Å². The van der Waals surface area contributed by atoms with Gasteiger partial charge in [-0.05, 0) is 37.6 Å². The van der Waals surface area contributed by atoms with Gasteiger partial charge in [0.25, 0.3) is 0 Å². The van der Waals surface area contributed by atoms with E-state index in [1.165, 1.54) is 29.1 Å². The Morgan fingerprint density at radius 3 is 2.65 bits per heavy atom. The van der Waals surface area contributed by atoms with Crippen LogP contribution in [0.3, 0.4) is 0 Å². The monoisotopic (exact) mass is 332 g/mol. The van der Waals surface area contributed by atoms with E-state index in [-0.39, 0.29) is 12.6 Å². The van der Waals surface area contributed by atoms with E-state index in [2.05, 4.69) is 9.88 Å². The summed E-state index contributed by atoms with van der Waals surface area (Å²) in [6, 6.07) is 7.89. The number of methoxy groups -OCH3 is 1. The van der Waals surface area contributed by atoms with Crippen molar-refractivity contribution in [2.24, 2.45) is 0 Å². The van der Waals surface area contributed by atoms with Gasteiger partial charge in [0, 0.05) is 23.5 Å². The van der Waals surface area contributed by atoms with E-state index in [1.54, 1.807) is 7.11 Å². The zero-order chi connectivity index (χ0) is 16.2. The Hall–Kier alpha value is -1.43. The fourth-order valence-corrected chi connectivity index (χ4v) is 4.07. The molecule has 23 heavy (non-hydrogen) atoms. The maximum absolute atomic E-state index is 9.81. The van der Waals surface area contributed by atoms with E-state index < -0.39 is 0 Å². The molecule has 2 aromatic rings. The first-order valence-electron chi connectivity index (χ1n) is 8.11. The van der Waals surface area contributed by atoms with Crippen LogP contribution in [0.5, 0.6) is 5.75 Å². The van der Waals surface area contributed by atoms with Gasteiger partial charge in [-0.1, -0.05) is 18.6 Å². The fraction of sp³-hybridized carbons (Fsp3) is 0.500. The molecule has 0 radical (unpaired) electrons. The summed E-state index contributed by atoms with van der Waals surface area (Å²) in [5.74, 6) is 1.52. The van der Waals surface area contributed by atoms with Crippen LogP contribution >= 0.6 is 11.3 Å². The molecule has 1 N–H and O–H groups in total. The highest BCUT2D eigenvalue weighted by molar-refractivity contribution is 7.11. The highest BCUT2D eigenvalue weighted by Gasteiger charge is 2.23. The van der Waals surface area contributed by atoms with Crippen LogP contribution in [0, 0.1) is 0 Å². The van der Waals surface area contributed by atoms with E-state index in [1.807, 2.05) is 48.8 Å². The predicted octanol–water partition coefficient (Wildman–Crippen LogP) is 3.58. The molecule has 0 saturated heterocycles. The first-order chi connectivity index (χ1) is 11.2. The minimum Gasteiger partial charge on any atom is -0.497 e. The molecule has 1 aliphatic carbocycles. The van der Waals surface area contributed by atoms with Gasteiger partial charge < -0.3 is 9.84 Å². The number of thiazole rings is 1. The van der Waals surface area contributed by atoms with Crippen LogP contribution in [0.2, 0.25) is 0 Å². The Morgan fingerprint density at radius 2 is 2.09 bits per heavy atom. The molecule has 0 aliphatic heterocycles. The molecule has 1 unspecified atom stereocenters. The molecule has 1 aromatic carbocycles. The number of benzene rings is 1. The number of aromatic nitrogens is 1. The van der Waals surface area contributed by atoms with Gasteiger partial charge in [-0.2, -0.15) is 0 Å². The minimum atomic E-state index is -0.0184. The number of aliphatic hydroxyl groups is 1. The molecule has 4 nitrogen and oxygen atoms in total. The lowest BCUT2D eigenvalue weighted by molar-refractivity contribution is 0.143. The number of hydrogen-bond donors (Lipinski definition) is 1. The van der Waals surface area contributed by atoms with Crippen molar-refractivity contribution in [3.05, 3.63) is 45.9 Å². The zero-order valence-electron chi connectivity index (χ0n) is 13.7. The Labute approximate surface area is 141 Å². The Bertz CT molecular complexity index is 622. The Morgan fingerprint density at radius 1 is 1.35 bits per heavy atom. The third-order valence-electron chi connectivity index (χ3n) is 4.64. The molecule has 0 spiro atoms. The second kappa shape index (κ2) is 7.43. The summed E-state index contributed by atoms with van der Waals surface area (Å²) in [7, 11) is 3.71. The van der Waals surface area contributed by atoms with Crippen molar-refractivity contribution in [2.75, 3.05) is 20.8 Å². The number of nitrogens with zero attached hydrogens (tertiary/aromatic N) is 2. The normalized spacial score (nSPS) is 16.3. The molecule has 3 rings (SSSR count). The van der Waals surface area contributed by atoms with Gasteiger partial charge in [-0.15, -0.1) is 11.3 Å². The molecule has 124 valence electrons. The van der Waals surface area contributed by atoms with Gasteiger partial charge in [-0.25, -0.2) is 4.98 Å². The molecular formula is C18H24N2O2S. The summed E-state index contributed by atoms with van der Waals surface area (Å²) in [4.78, 5) is 8.03. The van der Waals surface area contributed by atoms with Crippen LogP contribution in [0.1, 0.15) is 46.7 Å². The van der Waals surface area contributed by atoms with Crippen molar-refractivity contribution in [3.63, 3.8) is 0 Å². The largest absolute Gasteiger partial charge is 0.497 e.